The smallest absolute Gasteiger partial charge is 0.353 e. The van der Waals surface area contributed by atoms with Gasteiger partial charge in [0.2, 0.25) is 5.71 Å². The van der Waals surface area contributed by atoms with Gasteiger partial charge >= 0.3 is 6.09 Å². The van der Waals surface area contributed by atoms with Crippen molar-refractivity contribution in [3.05, 3.63) is 0 Å². The molecule has 0 radical (unpaired) electrons. The predicted octanol–water partition coefficient (Wildman–Crippen LogP) is 0.138. The largest absolute Gasteiger partial charge is 0.433 e. The molecule has 0 unspecified atom stereocenters. The fraction of sp³-hybridized carbons (Fsp3) is 0.556. The lowest BCUT2D eigenvalue weighted by Gasteiger charge is -2.00. The van der Waals surface area contributed by atoms with Crippen LogP contribution in [0.3, 0.4) is 0 Å². The van der Waals surface area contributed by atoms with Gasteiger partial charge in [0.05, 0.1) is 0 Å². The van der Waals surface area contributed by atoms with E-state index in [0.717, 1.165) is 12.8 Å². The van der Waals surface area contributed by atoms with Gasteiger partial charge in [0.25, 0.3) is 5.91 Å². The number of nitriles is 1. The first-order valence-corrected chi connectivity index (χ1v) is 4.80. The fourth-order valence-corrected chi connectivity index (χ4v) is 0.718. The second-order valence-electron chi connectivity index (χ2n) is 2.79. The van der Waals surface area contributed by atoms with Gasteiger partial charge in [-0.05, 0) is 6.42 Å². The van der Waals surface area contributed by atoms with Crippen LogP contribution in [0.1, 0.15) is 19.8 Å². The summed E-state index contributed by atoms with van der Waals surface area (Å²) in [6.45, 7) is 2.44. The molecule has 0 bridgehead atoms. The Morgan fingerprint density at radius 3 is 2.69 bits per heavy atom. The first-order chi connectivity index (χ1) is 7.65. The van der Waals surface area contributed by atoms with Gasteiger partial charge in [0, 0.05) is 13.6 Å². The monoisotopic (exact) mass is 226 g/mol. The van der Waals surface area contributed by atoms with Crippen LogP contribution < -0.4 is 10.6 Å². The third-order valence-corrected chi connectivity index (χ3v) is 1.57. The van der Waals surface area contributed by atoms with E-state index in [1.54, 1.807) is 0 Å². The Morgan fingerprint density at radius 2 is 2.19 bits per heavy atom. The fourth-order valence-electron chi connectivity index (χ4n) is 0.718. The van der Waals surface area contributed by atoms with Crippen LogP contribution in [0.4, 0.5) is 4.79 Å². The predicted molar refractivity (Wildman–Crippen MR) is 56.5 cm³/mol. The number of carbonyl (C=O) groups is 2. The number of unbranched alkanes of at least 4 members (excludes halogenated alkanes) is 1. The van der Waals surface area contributed by atoms with E-state index < -0.39 is 17.7 Å². The summed E-state index contributed by atoms with van der Waals surface area (Å²) in [7, 11) is 1.34. The molecule has 0 saturated heterocycles. The lowest BCUT2D eigenvalue weighted by molar-refractivity contribution is -0.114. The molecule has 0 aromatic rings. The highest BCUT2D eigenvalue weighted by molar-refractivity contribution is 6.44. The van der Waals surface area contributed by atoms with Crippen molar-refractivity contribution in [1.82, 2.24) is 10.6 Å². The molecule has 0 heterocycles. The first kappa shape index (κ1) is 13.9. The van der Waals surface area contributed by atoms with Gasteiger partial charge in [-0.2, -0.15) is 5.26 Å². The number of hydrogen-bond acceptors (Lipinski definition) is 5. The minimum atomic E-state index is -0.787. The molecule has 2 amide bonds. The summed E-state index contributed by atoms with van der Waals surface area (Å²) in [5.41, 5.74) is -0.506. The topological polar surface area (TPSA) is 104 Å². The molecule has 0 rings (SSSR count). The maximum Gasteiger partial charge on any atom is 0.433 e. The Balaban J connectivity index is 4.09. The second-order valence-corrected chi connectivity index (χ2v) is 2.79. The Bertz CT molecular complexity index is 319. The summed E-state index contributed by atoms with van der Waals surface area (Å²) in [6, 6.07) is 1.51. The highest BCUT2D eigenvalue weighted by atomic mass is 16.7. The number of amides is 2. The van der Waals surface area contributed by atoms with Gasteiger partial charge in [-0.25, -0.2) is 4.79 Å². The molecule has 7 heteroatoms. The maximum absolute atomic E-state index is 11.0. The molecule has 0 aliphatic rings. The minimum absolute atomic E-state index is 0.465. The summed E-state index contributed by atoms with van der Waals surface area (Å²) in [5, 5.41) is 16.2. The lowest BCUT2D eigenvalue weighted by atomic mass is 10.3. The number of hydrogen-bond donors (Lipinski definition) is 2. The molecule has 0 aromatic heterocycles. The van der Waals surface area contributed by atoms with Crippen molar-refractivity contribution >= 4 is 17.7 Å². The van der Waals surface area contributed by atoms with E-state index in [0.29, 0.717) is 6.54 Å². The zero-order chi connectivity index (χ0) is 12.4. The van der Waals surface area contributed by atoms with Crippen LogP contribution in [0.15, 0.2) is 5.16 Å². The third kappa shape index (κ3) is 5.59. The van der Waals surface area contributed by atoms with Crippen molar-refractivity contribution in [2.75, 3.05) is 13.6 Å². The normalized spacial score (nSPS) is 10.2. The zero-order valence-electron chi connectivity index (χ0n) is 9.24. The van der Waals surface area contributed by atoms with E-state index in [9.17, 15) is 9.59 Å². The average molecular weight is 226 g/mol. The van der Waals surface area contributed by atoms with Crippen molar-refractivity contribution in [1.29, 1.82) is 5.26 Å². The van der Waals surface area contributed by atoms with Crippen molar-refractivity contribution in [2.24, 2.45) is 5.16 Å². The standard InChI is InChI=1S/C9H14N4O3/c1-3-4-5-12-9(15)16-13-7(6-10)8(14)11-2/h3-5H2,1-2H3,(H,11,14)(H,12,15). The Morgan fingerprint density at radius 1 is 1.50 bits per heavy atom. The van der Waals surface area contributed by atoms with E-state index in [1.165, 1.54) is 13.1 Å². The van der Waals surface area contributed by atoms with Crippen LogP contribution in [-0.2, 0) is 9.63 Å². The van der Waals surface area contributed by atoms with Crippen molar-refractivity contribution in [3.63, 3.8) is 0 Å². The van der Waals surface area contributed by atoms with E-state index in [-0.39, 0.29) is 0 Å². The molecule has 0 aliphatic heterocycles. The summed E-state index contributed by atoms with van der Waals surface area (Å²) < 4.78 is 0. The first-order valence-electron chi connectivity index (χ1n) is 4.80. The van der Waals surface area contributed by atoms with Crippen molar-refractivity contribution in [3.8, 4) is 6.07 Å². The van der Waals surface area contributed by atoms with E-state index in [4.69, 9.17) is 5.26 Å². The van der Waals surface area contributed by atoms with Crippen LogP contribution in [0.25, 0.3) is 0 Å². The maximum atomic E-state index is 11.0. The number of rotatable bonds is 5. The molecular weight excluding hydrogens is 212 g/mol. The van der Waals surface area contributed by atoms with Gasteiger partial charge in [0.1, 0.15) is 6.07 Å². The van der Waals surface area contributed by atoms with E-state index in [1.807, 2.05) is 6.92 Å². The van der Waals surface area contributed by atoms with Crippen molar-refractivity contribution in [2.45, 2.75) is 19.8 Å². The number of nitrogens with zero attached hydrogens (tertiary/aromatic N) is 2. The number of carbonyl (C=O) groups excluding carboxylic acids is 2. The molecule has 0 saturated carbocycles. The van der Waals surface area contributed by atoms with Gasteiger partial charge in [-0.1, -0.05) is 18.5 Å². The zero-order valence-corrected chi connectivity index (χ0v) is 9.24. The van der Waals surface area contributed by atoms with E-state index in [2.05, 4.69) is 20.6 Å². The molecule has 7 nitrogen and oxygen atoms in total. The van der Waals surface area contributed by atoms with Crippen LogP contribution in [0.5, 0.6) is 0 Å². The van der Waals surface area contributed by atoms with Crippen LogP contribution >= 0.6 is 0 Å². The quantitative estimate of drug-likeness (QED) is 0.301. The van der Waals surface area contributed by atoms with Crippen molar-refractivity contribution < 1.29 is 14.4 Å². The van der Waals surface area contributed by atoms with Gasteiger partial charge in [-0.15, -0.1) is 0 Å². The van der Waals surface area contributed by atoms with Crippen LogP contribution in [0, 0.1) is 11.3 Å². The minimum Gasteiger partial charge on any atom is -0.353 e. The molecular formula is C9H14N4O3. The average Bonchev–Trinajstić information content (AvgIpc) is 2.29. The van der Waals surface area contributed by atoms with Gasteiger partial charge in [-0.3, -0.25) is 9.63 Å². The number of oxime groups is 1. The van der Waals surface area contributed by atoms with Crippen LogP contribution in [-0.4, -0.2) is 31.3 Å². The third-order valence-electron chi connectivity index (χ3n) is 1.57. The molecule has 0 aromatic carbocycles. The highest BCUT2D eigenvalue weighted by Crippen LogP contribution is 1.86. The molecule has 88 valence electrons. The summed E-state index contributed by atoms with van der Waals surface area (Å²) >= 11 is 0. The molecule has 16 heavy (non-hydrogen) atoms. The Labute approximate surface area is 93.4 Å². The lowest BCUT2D eigenvalue weighted by Crippen LogP contribution is -2.28. The molecule has 0 fully saturated rings. The molecule has 0 spiro atoms. The second kappa shape index (κ2) is 8.23. The van der Waals surface area contributed by atoms with Crippen LogP contribution in [0.2, 0.25) is 0 Å². The van der Waals surface area contributed by atoms with E-state index >= 15 is 0 Å². The summed E-state index contributed by atoms with van der Waals surface area (Å²) in [4.78, 5) is 26.2. The SMILES string of the molecule is CCCCNC(=O)ON=C(C#N)C(=O)NC. The number of nitrogens with one attached hydrogen (secondary N) is 2. The summed E-state index contributed by atoms with van der Waals surface area (Å²) in [5.74, 6) is -0.705. The van der Waals surface area contributed by atoms with Gasteiger partial charge < -0.3 is 10.6 Å². The molecule has 0 aliphatic carbocycles. The highest BCUT2D eigenvalue weighted by Gasteiger charge is 2.10. The Hall–Kier alpha value is -2.10. The molecule has 2 N–H and O–H groups in total. The Kier molecular flexibility index (Phi) is 7.15. The summed E-state index contributed by atoms with van der Waals surface area (Å²) in [6.07, 6.45) is 0.968. The molecule has 0 atom stereocenters. The van der Waals surface area contributed by atoms with Gasteiger partial charge in [0.15, 0.2) is 0 Å².